The van der Waals surface area contributed by atoms with E-state index in [1.165, 1.54) is 16.9 Å². The van der Waals surface area contributed by atoms with Gasteiger partial charge in [0.1, 0.15) is 34.8 Å². The summed E-state index contributed by atoms with van der Waals surface area (Å²) in [6, 6.07) is 6.37. The van der Waals surface area contributed by atoms with E-state index in [2.05, 4.69) is 35.7 Å². The molecule has 21 heteroatoms. The zero-order valence-corrected chi connectivity index (χ0v) is 35.7. The lowest BCUT2D eigenvalue weighted by molar-refractivity contribution is -0.0829. The number of nitrogens with zero attached hydrogens (tertiary/aromatic N) is 10. The molecule has 0 radical (unpaired) electrons. The van der Waals surface area contributed by atoms with Crippen molar-refractivity contribution >= 4 is 63.4 Å². The number of ether oxygens (including phenoxy) is 2. The van der Waals surface area contributed by atoms with Gasteiger partial charge in [-0.25, -0.2) is 15.0 Å². The van der Waals surface area contributed by atoms with Crippen LogP contribution in [0.2, 0.25) is 0 Å². The van der Waals surface area contributed by atoms with Gasteiger partial charge in [0, 0.05) is 76.2 Å². The van der Waals surface area contributed by atoms with Crippen molar-refractivity contribution in [2.45, 2.75) is 66.7 Å². The number of aryl methyl sites for hydroxylation is 4. The van der Waals surface area contributed by atoms with Gasteiger partial charge in [-0.3, -0.25) is 48.6 Å². The van der Waals surface area contributed by atoms with Crippen molar-refractivity contribution in [3.63, 3.8) is 0 Å². The molecule has 7 heterocycles. The number of likely N-dealkylation sites (tertiary alicyclic amines) is 1. The van der Waals surface area contributed by atoms with Gasteiger partial charge in [0.2, 0.25) is 23.7 Å². The summed E-state index contributed by atoms with van der Waals surface area (Å²) in [5.74, 6) is -1.59. The number of nitrogen functional groups attached to an aromatic ring is 1. The maximum atomic E-state index is 13.8. The number of imidazole rings is 2. The van der Waals surface area contributed by atoms with E-state index in [0.29, 0.717) is 76.7 Å². The first-order chi connectivity index (χ1) is 30.3. The van der Waals surface area contributed by atoms with Crippen molar-refractivity contribution < 1.29 is 28.7 Å². The first kappa shape index (κ1) is 42.6. The van der Waals surface area contributed by atoms with Crippen LogP contribution in [0, 0.1) is 19.3 Å². The molecule has 1 aromatic carbocycles. The van der Waals surface area contributed by atoms with Crippen LogP contribution in [-0.2, 0) is 30.9 Å². The molecule has 8 rings (SSSR count). The van der Waals surface area contributed by atoms with Gasteiger partial charge in [-0.15, -0.1) is 0 Å². The van der Waals surface area contributed by atoms with Gasteiger partial charge in [0.25, 0.3) is 11.8 Å². The van der Waals surface area contributed by atoms with E-state index in [1.54, 1.807) is 38.9 Å². The Morgan fingerprint density at radius 2 is 1.49 bits per heavy atom. The number of nitrogens with two attached hydrogens (primary N) is 3. The number of fused-ring (bicyclic) bond motifs is 2. The fraction of sp³-hybridized carbons (Fsp3) is 0.405. The fourth-order valence-corrected chi connectivity index (χ4v) is 8.35. The molecule has 21 nitrogen and oxygen atoms in total. The molecule has 6 aromatic rings. The predicted octanol–water partition coefficient (Wildman–Crippen LogP) is 2.86. The fourth-order valence-electron chi connectivity index (χ4n) is 8.35. The zero-order chi connectivity index (χ0) is 44.6. The topological polar surface area (TPSA) is 276 Å². The van der Waals surface area contributed by atoms with Gasteiger partial charge < -0.3 is 31.2 Å². The quantitative estimate of drug-likeness (QED) is 0.0877. The average molecular weight is 862 g/mol. The lowest BCUT2D eigenvalue weighted by atomic mass is 9.73. The molecule has 1 spiro atoms. The van der Waals surface area contributed by atoms with Crippen molar-refractivity contribution in [2.24, 2.45) is 16.9 Å². The van der Waals surface area contributed by atoms with Crippen LogP contribution in [-0.4, -0.2) is 112 Å². The number of primary amides is 2. The van der Waals surface area contributed by atoms with E-state index in [0.717, 1.165) is 39.1 Å². The number of carbonyl (C=O) groups is 4. The molecule has 2 saturated heterocycles. The summed E-state index contributed by atoms with van der Waals surface area (Å²) < 4.78 is 18.6. The number of rotatable bonds is 16. The van der Waals surface area contributed by atoms with Gasteiger partial charge in [0.05, 0.1) is 28.2 Å². The minimum absolute atomic E-state index is 0.137. The Morgan fingerprint density at radius 1 is 0.841 bits per heavy atom. The lowest BCUT2D eigenvalue weighted by Crippen LogP contribution is -2.59. The summed E-state index contributed by atoms with van der Waals surface area (Å²) in [7, 11) is 0. The minimum Gasteiger partial charge on any atom is -0.490 e. The number of hydrogen-bond acceptors (Lipinski definition) is 13. The summed E-state index contributed by atoms with van der Waals surface area (Å²) in [5, 5.41) is 14.6. The molecule has 2 aliphatic heterocycles. The first-order valence-corrected chi connectivity index (χ1v) is 20.9. The molecule has 0 aliphatic carbocycles. The number of hydrogen-bond donors (Lipinski definition) is 5. The van der Waals surface area contributed by atoms with E-state index in [4.69, 9.17) is 31.7 Å². The Bertz CT molecular complexity index is 2780. The molecule has 0 bridgehead atoms. The Labute approximate surface area is 361 Å². The highest BCUT2D eigenvalue weighted by molar-refractivity contribution is 6.07. The monoisotopic (exact) mass is 861 g/mol. The molecule has 0 atom stereocenters. The van der Waals surface area contributed by atoms with Gasteiger partial charge >= 0.3 is 0 Å². The second-order valence-electron chi connectivity index (χ2n) is 15.9. The summed E-state index contributed by atoms with van der Waals surface area (Å²) >= 11 is 0. The van der Waals surface area contributed by atoms with Crippen molar-refractivity contribution in [3.05, 3.63) is 76.5 Å². The van der Waals surface area contributed by atoms with Crippen molar-refractivity contribution in [2.75, 3.05) is 55.8 Å². The van der Waals surface area contributed by atoms with Crippen LogP contribution in [0.15, 0.2) is 42.6 Å². The summed E-state index contributed by atoms with van der Waals surface area (Å²) in [4.78, 5) is 68.4. The normalized spacial score (nSPS) is 15.0. The minimum atomic E-state index is -0.681. The predicted molar refractivity (Wildman–Crippen MR) is 233 cm³/mol. The highest BCUT2D eigenvalue weighted by Crippen LogP contribution is 2.39. The van der Waals surface area contributed by atoms with Crippen LogP contribution >= 0.6 is 0 Å². The van der Waals surface area contributed by atoms with Gasteiger partial charge in [-0.05, 0) is 64.8 Å². The maximum Gasteiger partial charge on any atom is 0.278 e. The highest BCUT2D eigenvalue weighted by Gasteiger charge is 2.43. The van der Waals surface area contributed by atoms with Crippen LogP contribution in [0.3, 0.4) is 0 Å². The third-order valence-electron chi connectivity index (χ3n) is 11.6. The van der Waals surface area contributed by atoms with Crippen LogP contribution < -0.4 is 32.6 Å². The van der Waals surface area contributed by atoms with Gasteiger partial charge in [-0.1, -0.05) is 12.2 Å². The first-order valence-electron chi connectivity index (χ1n) is 20.9. The average Bonchev–Trinajstić information content (AvgIpc) is 3.99. The smallest absolute Gasteiger partial charge is 0.278 e. The number of nitrogens with one attached hydrogen (secondary N) is 2. The Hall–Kier alpha value is -7.13. The zero-order valence-electron chi connectivity index (χ0n) is 35.7. The second kappa shape index (κ2) is 17.3. The number of benzene rings is 1. The number of anilines is 3. The van der Waals surface area contributed by atoms with E-state index in [1.807, 2.05) is 32.9 Å². The number of carbonyl (C=O) groups excluding carboxylic acids is 4. The van der Waals surface area contributed by atoms with Gasteiger partial charge in [0.15, 0.2) is 5.65 Å². The third kappa shape index (κ3) is 8.43. The number of allylic oxidation sites excluding steroid dienone is 2. The van der Waals surface area contributed by atoms with Crippen molar-refractivity contribution in [1.82, 2.24) is 48.5 Å². The molecule has 330 valence electrons. The van der Waals surface area contributed by atoms with Crippen LogP contribution in [0.4, 0.5) is 17.6 Å². The number of pyridine rings is 1. The van der Waals surface area contributed by atoms with E-state index < -0.39 is 23.6 Å². The van der Waals surface area contributed by atoms with Gasteiger partial charge in [-0.2, -0.15) is 10.2 Å². The molecule has 4 amide bonds. The number of amides is 4. The molecule has 5 aromatic heterocycles. The van der Waals surface area contributed by atoms with Crippen LogP contribution in [0.5, 0.6) is 5.75 Å². The summed E-state index contributed by atoms with van der Waals surface area (Å²) in [6.45, 7) is 13.0. The second-order valence-corrected chi connectivity index (χ2v) is 15.9. The Kier molecular flexibility index (Phi) is 11.7. The largest absolute Gasteiger partial charge is 0.490 e. The summed E-state index contributed by atoms with van der Waals surface area (Å²) in [6.07, 6.45) is 7.11. The van der Waals surface area contributed by atoms with Crippen LogP contribution in [0.25, 0.3) is 22.2 Å². The van der Waals surface area contributed by atoms with Crippen LogP contribution in [0.1, 0.15) is 79.8 Å². The molecular formula is C42H51N15O6. The molecule has 0 unspecified atom stereocenters. The molecule has 2 fully saturated rings. The molecule has 0 saturated carbocycles. The van der Waals surface area contributed by atoms with Crippen molar-refractivity contribution in [1.29, 1.82) is 0 Å². The Balaban J connectivity index is 1.12. The highest BCUT2D eigenvalue weighted by atomic mass is 16.5. The number of aromatic nitrogens is 9. The molecule has 8 N–H and O–H groups in total. The van der Waals surface area contributed by atoms with Crippen molar-refractivity contribution in [3.8, 4) is 5.75 Å². The standard InChI is InChI=1S/C42H51N15O6/c1-5-56-30(17-24(3)51-56)38(60)49-40-47-28-18-26(35(44)58)20-31(63-16-13-53-22-42(23-53)9-14-62-15-10-42)33(28)54(40)11-7-8-12-55-37-29(19-27(21-46-37)36(45)59)48-41(55)50-39(61)34-32(43)25(4)52-57(34)6-2/h7-8,17-21H,5-6,9-16,22-23,43H2,1-4H3,(H2,44,58)(H2,45,59)(H,47,49,60)(H,48,50,61)/b8-7+. The third-order valence-corrected chi connectivity index (χ3v) is 11.6. The molecular weight excluding hydrogens is 811 g/mol. The van der Waals surface area contributed by atoms with E-state index in [9.17, 15) is 19.2 Å². The van der Waals surface area contributed by atoms with E-state index in [-0.39, 0.29) is 47.5 Å². The maximum absolute atomic E-state index is 13.8. The molecule has 2 aliphatic rings. The molecule has 63 heavy (non-hydrogen) atoms. The summed E-state index contributed by atoms with van der Waals surface area (Å²) in [5.41, 5.74) is 21.8. The Morgan fingerprint density at radius 3 is 2.19 bits per heavy atom. The van der Waals surface area contributed by atoms with E-state index >= 15 is 0 Å². The SMILES string of the molecule is CCn1nc(C)cc1C(=O)Nc1nc2cc(C(N)=O)cc(OCCN3CC4(CCOCC4)C3)c2n1C/C=C/Cn1c(NC(=O)c2c(N)c(C)nn2CC)nc2cc(C(N)=O)cnc21. The lowest BCUT2D eigenvalue weighted by Gasteiger charge is -2.52.